The second-order valence-electron chi connectivity index (χ2n) is 14.6. The molecule has 1 unspecified atom stereocenters. The van der Waals surface area contributed by atoms with Crippen molar-refractivity contribution >= 4 is 60.5 Å². The average Bonchev–Trinajstić information content (AvgIpc) is 3.73. The fourth-order valence-electron chi connectivity index (χ4n) is 9.15. The smallest absolute Gasteiger partial charge is 0.136 e. The summed E-state index contributed by atoms with van der Waals surface area (Å²) in [7, 11) is 0. The summed E-state index contributed by atoms with van der Waals surface area (Å²) in [4.78, 5) is 2.48. The van der Waals surface area contributed by atoms with Crippen molar-refractivity contribution in [2.75, 3.05) is 4.90 Å². The van der Waals surface area contributed by atoms with Gasteiger partial charge in [0.2, 0.25) is 0 Å². The molecule has 0 N–H and O–H groups in total. The Labute approximate surface area is 314 Å². The SMILES string of the molecule is CC1(c2ccccc2)c2ccccc2-c2ccc(N(c3ccccc3-c3cccc4oc5cc6ccccc6cc5c34)c3cccc4ccccc34)cc21. The second-order valence-corrected chi connectivity index (χ2v) is 14.6. The minimum atomic E-state index is -0.322. The highest BCUT2D eigenvalue weighted by Crippen LogP contribution is 2.55. The fraction of sp³-hybridized carbons (Fsp3) is 0.0385. The molecule has 0 fully saturated rings. The third kappa shape index (κ3) is 4.47. The molecule has 0 bridgehead atoms. The molecule has 9 aromatic carbocycles. The van der Waals surface area contributed by atoms with Crippen molar-refractivity contribution < 1.29 is 4.42 Å². The molecule has 0 radical (unpaired) electrons. The number of furan rings is 1. The number of nitrogens with zero attached hydrogens (tertiary/aromatic N) is 1. The van der Waals surface area contributed by atoms with Crippen molar-refractivity contribution in [1.82, 2.24) is 0 Å². The molecular weight excluding hydrogens is 655 g/mol. The van der Waals surface area contributed by atoms with E-state index in [0.29, 0.717) is 0 Å². The summed E-state index contributed by atoms with van der Waals surface area (Å²) in [6, 6.07) is 70.6. The molecule has 1 aliphatic rings. The summed E-state index contributed by atoms with van der Waals surface area (Å²) in [6.45, 7) is 2.39. The largest absolute Gasteiger partial charge is 0.456 e. The molecule has 2 heteroatoms. The van der Waals surface area contributed by atoms with Crippen LogP contribution in [0.4, 0.5) is 17.1 Å². The zero-order chi connectivity index (χ0) is 35.8. The quantitative estimate of drug-likeness (QED) is 0.179. The number of benzene rings is 9. The Morgan fingerprint density at radius 3 is 1.91 bits per heavy atom. The van der Waals surface area contributed by atoms with E-state index >= 15 is 0 Å². The highest BCUT2D eigenvalue weighted by atomic mass is 16.3. The number of fused-ring (bicyclic) bond motifs is 8. The maximum absolute atomic E-state index is 6.58. The van der Waals surface area contributed by atoms with E-state index in [1.165, 1.54) is 49.4 Å². The summed E-state index contributed by atoms with van der Waals surface area (Å²) in [5.74, 6) is 0. The Hall–Kier alpha value is -6.90. The van der Waals surface area contributed by atoms with E-state index in [9.17, 15) is 0 Å². The normalized spacial score (nSPS) is 14.8. The molecule has 10 aromatic rings. The van der Waals surface area contributed by atoms with Crippen LogP contribution in [-0.2, 0) is 5.41 Å². The van der Waals surface area contributed by atoms with Gasteiger partial charge in [-0.05, 0) is 98.9 Å². The van der Waals surface area contributed by atoms with Crippen LogP contribution in [0.15, 0.2) is 199 Å². The van der Waals surface area contributed by atoms with E-state index < -0.39 is 0 Å². The van der Waals surface area contributed by atoms with Gasteiger partial charge in [-0.1, -0.05) is 152 Å². The molecule has 0 saturated carbocycles. The molecule has 1 aromatic heterocycles. The number of hydrogen-bond acceptors (Lipinski definition) is 2. The Morgan fingerprint density at radius 2 is 1.04 bits per heavy atom. The molecule has 0 aliphatic heterocycles. The van der Waals surface area contributed by atoms with Crippen molar-refractivity contribution in [2.24, 2.45) is 0 Å². The van der Waals surface area contributed by atoms with E-state index in [-0.39, 0.29) is 5.41 Å². The molecule has 0 saturated heterocycles. The van der Waals surface area contributed by atoms with Crippen LogP contribution in [0, 0.1) is 0 Å². The van der Waals surface area contributed by atoms with Crippen LogP contribution < -0.4 is 4.90 Å². The van der Waals surface area contributed by atoms with Gasteiger partial charge < -0.3 is 9.32 Å². The number of hydrogen-bond donors (Lipinski definition) is 0. The van der Waals surface area contributed by atoms with Crippen molar-refractivity contribution in [1.29, 1.82) is 0 Å². The Morgan fingerprint density at radius 1 is 0.407 bits per heavy atom. The van der Waals surface area contributed by atoms with E-state index in [1.807, 2.05) is 0 Å². The fourth-order valence-corrected chi connectivity index (χ4v) is 9.15. The lowest BCUT2D eigenvalue weighted by Gasteiger charge is -2.32. The summed E-state index contributed by atoms with van der Waals surface area (Å²) in [5, 5.41) is 7.03. The molecule has 11 rings (SSSR count). The first-order valence-corrected chi connectivity index (χ1v) is 18.7. The average molecular weight is 690 g/mol. The van der Waals surface area contributed by atoms with Gasteiger partial charge in [0.1, 0.15) is 11.2 Å². The molecule has 0 amide bonds. The van der Waals surface area contributed by atoms with Gasteiger partial charge in [-0.25, -0.2) is 0 Å². The van der Waals surface area contributed by atoms with Crippen LogP contribution in [-0.4, -0.2) is 0 Å². The maximum atomic E-state index is 6.58. The van der Waals surface area contributed by atoms with Gasteiger partial charge in [0.05, 0.1) is 11.4 Å². The highest BCUT2D eigenvalue weighted by Gasteiger charge is 2.41. The number of para-hydroxylation sites is 1. The van der Waals surface area contributed by atoms with Gasteiger partial charge in [0, 0.05) is 32.8 Å². The third-order valence-electron chi connectivity index (χ3n) is 11.7. The van der Waals surface area contributed by atoms with E-state index in [2.05, 4.69) is 206 Å². The van der Waals surface area contributed by atoms with Crippen molar-refractivity contribution in [3.05, 3.63) is 211 Å². The number of anilines is 3. The maximum Gasteiger partial charge on any atom is 0.136 e. The Balaban J connectivity index is 1.19. The van der Waals surface area contributed by atoms with Gasteiger partial charge in [-0.15, -0.1) is 0 Å². The van der Waals surface area contributed by atoms with Crippen LogP contribution in [0.25, 0.3) is 65.7 Å². The zero-order valence-corrected chi connectivity index (χ0v) is 29.8. The van der Waals surface area contributed by atoms with Crippen LogP contribution in [0.2, 0.25) is 0 Å². The molecule has 254 valence electrons. The number of rotatable bonds is 5. The summed E-state index contributed by atoms with van der Waals surface area (Å²) in [6.07, 6.45) is 0. The van der Waals surface area contributed by atoms with Crippen LogP contribution in [0.5, 0.6) is 0 Å². The van der Waals surface area contributed by atoms with Crippen molar-refractivity contribution in [3.8, 4) is 22.3 Å². The predicted molar refractivity (Wildman–Crippen MR) is 226 cm³/mol. The van der Waals surface area contributed by atoms with Crippen molar-refractivity contribution in [3.63, 3.8) is 0 Å². The van der Waals surface area contributed by atoms with Gasteiger partial charge in [0.15, 0.2) is 0 Å². The molecule has 1 heterocycles. The Kier molecular flexibility index (Phi) is 6.72. The highest BCUT2D eigenvalue weighted by molar-refractivity contribution is 6.17. The minimum Gasteiger partial charge on any atom is -0.456 e. The molecule has 1 atom stereocenters. The zero-order valence-electron chi connectivity index (χ0n) is 29.8. The first kappa shape index (κ1) is 30.7. The molecule has 0 spiro atoms. The lowest BCUT2D eigenvalue weighted by atomic mass is 9.74. The van der Waals surface area contributed by atoms with Crippen LogP contribution in [0.3, 0.4) is 0 Å². The van der Waals surface area contributed by atoms with Gasteiger partial charge >= 0.3 is 0 Å². The standard InChI is InChI=1S/C52H35NO/c1-52(37-19-3-2-4-20-37)45-25-11-9-22-40(45)41-30-29-38(33-46(41)52)53(47-27-13-18-34-15-7-8-21-39(34)47)48-26-12-10-23-42(48)43-24-14-28-49-51(43)44-31-35-16-5-6-17-36(35)32-50(44)54-49/h2-33H,1H3. The molecule has 1 aliphatic carbocycles. The van der Waals surface area contributed by atoms with E-state index in [1.54, 1.807) is 0 Å². The van der Waals surface area contributed by atoms with Crippen LogP contribution >= 0.6 is 0 Å². The van der Waals surface area contributed by atoms with Gasteiger partial charge in [-0.2, -0.15) is 0 Å². The molecular formula is C52H35NO. The summed E-state index contributed by atoms with van der Waals surface area (Å²) < 4.78 is 6.58. The van der Waals surface area contributed by atoms with Crippen molar-refractivity contribution in [2.45, 2.75) is 12.3 Å². The lowest BCUT2D eigenvalue weighted by Crippen LogP contribution is -2.23. The monoisotopic (exact) mass is 689 g/mol. The summed E-state index contributed by atoms with van der Waals surface area (Å²) >= 11 is 0. The van der Waals surface area contributed by atoms with E-state index in [4.69, 9.17) is 4.42 Å². The Bertz CT molecular complexity index is 3080. The minimum absolute atomic E-state index is 0.322. The van der Waals surface area contributed by atoms with E-state index in [0.717, 1.165) is 50.1 Å². The second kappa shape index (κ2) is 11.8. The third-order valence-corrected chi connectivity index (χ3v) is 11.7. The summed E-state index contributed by atoms with van der Waals surface area (Å²) in [5.41, 5.74) is 13.6. The molecule has 2 nitrogen and oxygen atoms in total. The van der Waals surface area contributed by atoms with Gasteiger partial charge in [-0.3, -0.25) is 0 Å². The first-order valence-electron chi connectivity index (χ1n) is 18.7. The predicted octanol–water partition coefficient (Wildman–Crippen LogP) is 14.4. The van der Waals surface area contributed by atoms with Gasteiger partial charge in [0.25, 0.3) is 0 Å². The molecule has 54 heavy (non-hydrogen) atoms. The first-order chi connectivity index (χ1) is 26.7. The van der Waals surface area contributed by atoms with Crippen LogP contribution in [0.1, 0.15) is 23.6 Å². The lowest BCUT2D eigenvalue weighted by molar-refractivity contribution is 0.669. The topological polar surface area (TPSA) is 16.4 Å².